The van der Waals surface area contributed by atoms with Gasteiger partial charge in [0.25, 0.3) is 6.02 Å². The van der Waals surface area contributed by atoms with Gasteiger partial charge in [0.1, 0.15) is 18.3 Å². The minimum atomic E-state index is -1.21. The van der Waals surface area contributed by atoms with Crippen LogP contribution < -0.4 is 0 Å². The van der Waals surface area contributed by atoms with Gasteiger partial charge in [-0.15, -0.1) is 0 Å². The molecule has 0 aromatic heterocycles. The number of aliphatic hydroxyl groups excluding tert-OH is 2. The lowest BCUT2D eigenvalue weighted by Crippen LogP contribution is -2.60. The number of nitrogens with zero attached hydrogens (tertiary/aromatic N) is 2. The Labute approximate surface area is 154 Å². The van der Waals surface area contributed by atoms with Crippen molar-refractivity contribution in [2.45, 2.75) is 37.3 Å². The summed E-state index contributed by atoms with van der Waals surface area (Å²) in [5.74, 6) is 0. The van der Waals surface area contributed by atoms with E-state index in [2.05, 4.69) is 4.99 Å². The second-order valence-electron chi connectivity index (χ2n) is 6.28. The number of methoxy groups -OCH3 is 2. The number of aliphatic imine (C=N–C) groups is 1. The van der Waals surface area contributed by atoms with Gasteiger partial charge in [0.15, 0.2) is 12.4 Å². The molecule has 0 spiro atoms. The molecule has 8 nitrogen and oxygen atoms in total. The third kappa shape index (κ3) is 5.15. The van der Waals surface area contributed by atoms with Crippen LogP contribution in [0.2, 0.25) is 0 Å². The highest BCUT2D eigenvalue weighted by Crippen LogP contribution is 2.25. The topological polar surface area (TPSA) is 93.0 Å². The Morgan fingerprint density at radius 2 is 1.85 bits per heavy atom. The average Bonchev–Trinajstić information content (AvgIpc) is 2.64. The fourth-order valence-corrected chi connectivity index (χ4v) is 2.67. The van der Waals surface area contributed by atoms with E-state index in [1.807, 2.05) is 30.3 Å². The Morgan fingerprint density at radius 1 is 1.15 bits per heavy atom. The standard InChI is InChI=1S/C18H28N2O6/c1-20(2)18(19-10-12-8-6-5-7-9-12)26-16-15(22)14(21)13(11-23-3)25-17(16)24-4/h5-9,13-17,21-22H,10-11H2,1-4H3. The van der Waals surface area contributed by atoms with Crippen LogP contribution in [-0.2, 0) is 25.5 Å². The van der Waals surface area contributed by atoms with Crippen LogP contribution in [0.5, 0.6) is 0 Å². The van der Waals surface area contributed by atoms with Crippen molar-refractivity contribution >= 4 is 6.02 Å². The number of benzene rings is 1. The van der Waals surface area contributed by atoms with E-state index >= 15 is 0 Å². The fourth-order valence-electron chi connectivity index (χ4n) is 2.67. The molecule has 2 rings (SSSR count). The van der Waals surface area contributed by atoms with Crippen LogP contribution >= 0.6 is 0 Å². The molecule has 146 valence electrons. The molecule has 0 bridgehead atoms. The molecular formula is C18H28N2O6. The van der Waals surface area contributed by atoms with Gasteiger partial charge in [-0.25, -0.2) is 4.99 Å². The number of hydrogen-bond donors (Lipinski definition) is 2. The van der Waals surface area contributed by atoms with E-state index in [9.17, 15) is 10.2 Å². The number of hydrogen-bond acceptors (Lipinski definition) is 7. The van der Waals surface area contributed by atoms with Crippen molar-refractivity contribution in [1.82, 2.24) is 4.90 Å². The van der Waals surface area contributed by atoms with Crippen molar-refractivity contribution in [2.24, 2.45) is 4.99 Å². The first-order chi connectivity index (χ1) is 12.5. The molecular weight excluding hydrogens is 340 g/mol. The van der Waals surface area contributed by atoms with Crippen LogP contribution in [0, 0.1) is 0 Å². The zero-order chi connectivity index (χ0) is 19.1. The van der Waals surface area contributed by atoms with Crippen molar-refractivity contribution in [3.8, 4) is 0 Å². The SMILES string of the molecule is COCC1OC(OC)C(OC(=NCc2ccccc2)N(C)C)C(O)C1O. The quantitative estimate of drug-likeness (QED) is 0.548. The van der Waals surface area contributed by atoms with Gasteiger partial charge < -0.3 is 34.1 Å². The van der Waals surface area contributed by atoms with E-state index in [4.69, 9.17) is 18.9 Å². The predicted molar refractivity (Wildman–Crippen MR) is 95.7 cm³/mol. The highest BCUT2D eigenvalue weighted by atomic mass is 16.7. The molecule has 0 saturated carbocycles. The van der Waals surface area contributed by atoms with Gasteiger partial charge in [0, 0.05) is 28.3 Å². The molecule has 1 aliphatic heterocycles. The second kappa shape index (κ2) is 9.84. The molecule has 1 saturated heterocycles. The van der Waals surface area contributed by atoms with E-state index in [-0.39, 0.29) is 6.61 Å². The van der Waals surface area contributed by atoms with Crippen molar-refractivity contribution in [3.63, 3.8) is 0 Å². The molecule has 0 aliphatic carbocycles. The van der Waals surface area contributed by atoms with Gasteiger partial charge in [-0.05, 0) is 5.56 Å². The summed E-state index contributed by atoms with van der Waals surface area (Å²) < 4.78 is 21.8. The highest BCUT2D eigenvalue weighted by Gasteiger charge is 2.46. The van der Waals surface area contributed by atoms with E-state index in [1.165, 1.54) is 14.2 Å². The summed E-state index contributed by atoms with van der Waals surface area (Å²) in [7, 11) is 6.51. The lowest BCUT2D eigenvalue weighted by Gasteiger charge is -2.41. The third-order valence-corrected chi connectivity index (χ3v) is 4.07. The number of amidine groups is 1. The van der Waals surface area contributed by atoms with Gasteiger partial charge in [0.2, 0.25) is 0 Å². The zero-order valence-corrected chi connectivity index (χ0v) is 15.6. The lowest BCUT2D eigenvalue weighted by molar-refractivity contribution is -0.293. The first-order valence-corrected chi connectivity index (χ1v) is 8.43. The molecule has 1 heterocycles. The molecule has 5 atom stereocenters. The van der Waals surface area contributed by atoms with Gasteiger partial charge in [-0.2, -0.15) is 0 Å². The first kappa shape index (κ1) is 20.6. The van der Waals surface area contributed by atoms with Crippen molar-refractivity contribution in [2.75, 3.05) is 34.9 Å². The summed E-state index contributed by atoms with van der Waals surface area (Å²) in [5.41, 5.74) is 1.03. The Balaban J connectivity index is 2.13. The molecule has 1 aromatic carbocycles. The molecule has 8 heteroatoms. The fraction of sp³-hybridized carbons (Fsp3) is 0.611. The predicted octanol–water partition coefficient (Wildman–Crippen LogP) is 0.229. The summed E-state index contributed by atoms with van der Waals surface area (Å²) in [6.07, 6.45) is -4.88. The van der Waals surface area contributed by atoms with Crippen LogP contribution in [0.1, 0.15) is 5.56 Å². The Bertz CT molecular complexity index is 566. The Kier molecular flexibility index (Phi) is 7.80. The normalized spacial score (nSPS) is 29.5. The molecule has 2 N–H and O–H groups in total. The number of rotatable bonds is 6. The van der Waals surface area contributed by atoms with Crippen molar-refractivity contribution in [1.29, 1.82) is 0 Å². The Hall–Kier alpha value is -1.71. The maximum absolute atomic E-state index is 10.5. The first-order valence-electron chi connectivity index (χ1n) is 8.43. The second-order valence-corrected chi connectivity index (χ2v) is 6.28. The maximum atomic E-state index is 10.5. The van der Waals surface area contributed by atoms with E-state index in [1.54, 1.807) is 19.0 Å². The van der Waals surface area contributed by atoms with Crippen molar-refractivity contribution < 1.29 is 29.2 Å². The Morgan fingerprint density at radius 3 is 2.42 bits per heavy atom. The highest BCUT2D eigenvalue weighted by molar-refractivity contribution is 5.73. The maximum Gasteiger partial charge on any atom is 0.287 e. The molecule has 1 aliphatic rings. The average molecular weight is 368 g/mol. The lowest BCUT2D eigenvalue weighted by atomic mass is 9.99. The molecule has 26 heavy (non-hydrogen) atoms. The summed E-state index contributed by atoms with van der Waals surface area (Å²) in [6.45, 7) is 0.554. The summed E-state index contributed by atoms with van der Waals surface area (Å²) in [4.78, 5) is 6.15. The summed E-state index contributed by atoms with van der Waals surface area (Å²) >= 11 is 0. The molecule has 0 radical (unpaired) electrons. The molecule has 0 amide bonds. The van der Waals surface area contributed by atoms with Crippen LogP contribution in [0.15, 0.2) is 35.3 Å². The molecule has 1 aromatic rings. The molecule has 1 fully saturated rings. The van der Waals surface area contributed by atoms with Crippen LogP contribution in [0.25, 0.3) is 0 Å². The minimum absolute atomic E-state index is 0.132. The van der Waals surface area contributed by atoms with Gasteiger partial charge in [-0.1, -0.05) is 30.3 Å². The number of ether oxygens (including phenoxy) is 4. The van der Waals surface area contributed by atoms with Crippen LogP contribution in [0.4, 0.5) is 0 Å². The van der Waals surface area contributed by atoms with Crippen LogP contribution in [0.3, 0.4) is 0 Å². The minimum Gasteiger partial charge on any atom is -0.454 e. The summed E-state index contributed by atoms with van der Waals surface area (Å²) in [5, 5.41) is 20.8. The molecule has 5 unspecified atom stereocenters. The van der Waals surface area contributed by atoms with Crippen LogP contribution in [-0.4, -0.2) is 86.8 Å². The van der Waals surface area contributed by atoms with Gasteiger partial charge in [0.05, 0.1) is 13.2 Å². The van der Waals surface area contributed by atoms with Gasteiger partial charge >= 0.3 is 0 Å². The van der Waals surface area contributed by atoms with E-state index < -0.39 is 30.7 Å². The monoisotopic (exact) mass is 368 g/mol. The van der Waals surface area contributed by atoms with E-state index in [0.29, 0.717) is 12.6 Å². The van der Waals surface area contributed by atoms with E-state index in [0.717, 1.165) is 5.56 Å². The summed E-state index contributed by atoms with van der Waals surface area (Å²) in [6, 6.07) is 10.0. The smallest absolute Gasteiger partial charge is 0.287 e. The van der Waals surface area contributed by atoms with Crippen molar-refractivity contribution in [3.05, 3.63) is 35.9 Å². The number of aliphatic hydroxyl groups is 2. The third-order valence-electron chi connectivity index (χ3n) is 4.07. The largest absolute Gasteiger partial charge is 0.454 e. The zero-order valence-electron chi connectivity index (χ0n) is 15.6. The van der Waals surface area contributed by atoms with Gasteiger partial charge in [-0.3, -0.25) is 0 Å².